The standard InChI is InChI=1S/C11H19NO3/c1-3-4-5-11(6-7-14-9-11)15-10(13)8-12-2/h3,12H,1,4-9H2,2H3/i2D3. The second kappa shape index (κ2) is 5.88. The SMILES string of the molecule is [2H]C([2H])([2H])NCC(=O)OC1(CCC=C)CCOC1. The van der Waals surface area contributed by atoms with E-state index < -0.39 is 18.5 Å². The van der Waals surface area contributed by atoms with Crippen LogP contribution < -0.4 is 5.32 Å². The number of nitrogens with one attached hydrogen (secondary N) is 1. The lowest BCUT2D eigenvalue weighted by Gasteiger charge is -2.27. The van der Waals surface area contributed by atoms with Crippen molar-refractivity contribution in [2.75, 3.05) is 26.7 Å². The summed E-state index contributed by atoms with van der Waals surface area (Å²) in [4.78, 5) is 11.6. The van der Waals surface area contributed by atoms with Crippen LogP contribution >= 0.6 is 0 Å². The smallest absolute Gasteiger partial charge is 0.320 e. The summed E-state index contributed by atoms with van der Waals surface area (Å²) in [6, 6.07) is 0. The molecule has 0 saturated carbocycles. The Kier molecular flexibility index (Phi) is 3.25. The van der Waals surface area contributed by atoms with Gasteiger partial charge in [-0.1, -0.05) is 6.08 Å². The van der Waals surface area contributed by atoms with E-state index in [1.54, 1.807) is 6.08 Å². The third-order valence-corrected chi connectivity index (χ3v) is 2.43. The van der Waals surface area contributed by atoms with Crippen molar-refractivity contribution in [3.63, 3.8) is 0 Å². The molecule has 1 aliphatic rings. The molecule has 1 atom stereocenters. The molecule has 86 valence electrons. The van der Waals surface area contributed by atoms with Crippen LogP contribution in [-0.2, 0) is 14.3 Å². The fourth-order valence-electron chi connectivity index (χ4n) is 1.63. The molecule has 0 aliphatic carbocycles. The molecule has 1 aliphatic heterocycles. The Morgan fingerprint density at radius 1 is 1.87 bits per heavy atom. The van der Waals surface area contributed by atoms with Crippen LogP contribution in [0, 0.1) is 0 Å². The third kappa shape index (κ3) is 3.64. The summed E-state index contributed by atoms with van der Waals surface area (Å²) < 4.78 is 31.5. The highest BCUT2D eigenvalue weighted by molar-refractivity contribution is 5.72. The molecule has 4 nitrogen and oxygen atoms in total. The van der Waals surface area contributed by atoms with Gasteiger partial charge in [0.25, 0.3) is 0 Å². The van der Waals surface area contributed by atoms with Crippen LogP contribution in [0.25, 0.3) is 0 Å². The van der Waals surface area contributed by atoms with Crippen LogP contribution in [0.3, 0.4) is 0 Å². The molecular weight excluding hydrogens is 194 g/mol. The van der Waals surface area contributed by atoms with Gasteiger partial charge in [-0.15, -0.1) is 6.58 Å². The maximum atomic E-state index is 11.6. The zero-order valence-corrected chi connectivity index (χ0v) is 8.75. The van der Waals surface area contributed by atoms with Gasteiger partial charge in [-0.25, -0.2) is 0 Å². The summed E-state index contributed by atoms with van der Waals surface area (Å²) >= 11 is 0. The molecule has 0 aromatic heterocycles. The lowest BCUT2D eigenvalue weighted by Crippen LogP contribution is -2.38. The van der Waals surface area contributed by atoms with E-state index in [9.17, 15) is 4.79 Å². The minimum absolute atomic E-state index is 0.327. The van der Waals surface area contributed by atoms with Crippen molar-refractivity contribution in [2.24, 2.45) is 0 Å². The van der Waals surface area contributed by atoms with Gasteiger partial charge in [-0.2, -0.15) is 0 Å². The second-order valence-corrected chi connectivity index (χ2v) is 3.64. The Balaban J connectivity index is 2.45. The van der Waals surface area contributed by atoms with Crippen molar-refractivity contribution >= 4 is 5.97 Å². The minimum atomic E-state index is -2.33. The van der Waals surface area contributed by atoms with Crippen molar-refractivity contribution in [3.8, 4) is 0 Å². The van der Waals surface area contributed by atoms with Gasteiger partial charge in [-0.05, 0) is 19.8 Å². The number of carbonyl (C=O) groups is 1. The molecule has 15 heavy (non-hydrogen) atoms. The number of hydrogen-bond donors (Lipinski definition) is 1. The largest absolute Gasteiger partial charge is 0.456 e. The Bertz CT molecular complexity index is 298. The Morgan fingerprint density at radius 2 is 2.73 bits per heavy atom. The van der Waals surface area contributed by atoms with E-state index >= 15 is 0 Å². The summed E-state index contributed by atoms with van der Waals surface area (Å²) in [5, 5.41) is 2.13. The fourth-order valence-corrected chi connectivity index (χ4v) is 1.63. The molecule has 0 radical (unpaired) electrons. The number of esters is 1. The quantitative estimate of drug-likeness (QED) is 0.529. The lowest BCUT2D eigenvalue weighted by atomic mass is 9.96. The van der Waals surface area contributed by atoms with Crippen molar-refractivity contribution in [1.82, 2.24) is 5.32 Å². The summed E-state index contributed by atoms with van der Waals surface area (Å²) in [6.07, 6.45) is 3.77. The van der Waals surface area contributed by atoms with E-state index in [1.165, 1.54) is 0 Å². The van der Waals surface area contributed by atoms with Gasteiger partial charge in [0.1, 0.15) is 5.60 Å². The monoisotopic (exact) mass is 216 g/mol. The Labute approximate surface area is 94.8 Å². The molecule has 1 N–H and O–H groups in total. The molecule has 0 amide bonds. The topological polar surface area (TPSA) is 47.6 Å². The number of hydrogen-bond acceptors (Lipinski definition) is 4. The highest BCUT2D eigenvalue weighted by Crippen LogP contribution is 2.28. The van der Waals surface area contributed by atoms with Crippen LogP contribution in [0.15, 0.2) is 12.7 Å². The minimum Gasteiger partial charge on any atom is -0.456 e. The van der Waals surface area contributed by atoms with Crippen molar-refractivity contribution in [1.29, 1.82) is 0 Å². The molecule has 1 saturated heterocycles. The van der Waals surface area contributed by atoms with Crippen molar-refractivity contribution in [2.45, 2.75) is 24.9 Å². The van der Waals surface area contributed by atoms with Gasteiger partial charge in [0.05, 0.1) is 19.8 Å². The normalized spacial score (nSPS) is 28.9. The molecular formula is C11H19NO3. The van der Waals surface area contributed by atoms with Gasteiger partial charge in [-0.3, -0.25) is 4.79 Å². The average molecular weight is 216 g/mol. The van der Waals surface area contributed by atoms with E-state index in [2.05, 4.69) is 11.9 Å². The van der Waals surface area contributed by atoms with Gasteiger partial charge in [0.15, 0.2) is 0 Å². The average Bonchev–Trinajstić information content (AvgIpc) is 2.72. The number of carbonyl (C=O) groups excluding carboxylic acids is 1. The van der Waals surface area contributed by atoms with Crippen molar-refractivity contribution < 1.29 is 18.4 Å². The van der Waals surface area contributed by atoms with E-state index in [-0.39, 0.29) is 6.54 Å². The second-order valence-electron chi connectivity index (χ2n) is 3.64. The first-order chi connectivity index (χ1) is 8.37. The predicted octanol–water partition coefficient (Wildman–Crippen LogP) is 0.874. The summed E-state index contributed by atoms with van der Waals surface area (Å²) in [6.45, 7) is 1.89. The zero-order chi connectivity index (χ0) is 13.6. The first-order valence-electron chi connectivity index (χ1n) is 6.52. The van der Waals surface area contributed by atoms with Gasteiger partial charge in [0, 0.05) is 10.5 Å². The molecule has 0 spiro atoms. The molecule has 1 heterocycles. The van der Waals surface area contributed by atoms with E-state index in [0.29, 0.717) is 26.1 Å². The zero-order valence-electron chi connectivity index (χ0n) is 11.8. The maximum absolute atomic E-state index is 11.6. The number of allylic oxidation sites excluding steroid dienone is 1. The van der Waals surface area contributed by atoms with Gasteiger partial charge < -0.3 is 14.8 Å². The van der Waals surface area contributed by atoms with Crippen molar-refractivity contribution in [3.05, 3.63) is 12.7 Å². The van der Waals surface area contributed by atoms with E-state index in [1.807, 2.05) is 0 Å². The van der Waals surface area contributed by atoms with Crippen LogP contribution in [0.4, 0.5) is 0 Å². The van der Waals surface area contributed by atoms with Crippen LogP contribution in [0.1, 0.15) is 23.4 Å². The Hall–Kier alpha value is -0.870. The predicted molar refractivity (Wildman–Crippen MR) is 57.6 cm³/mol. The maximum Gasteiger partial charge on any atom is 0.320 e. The molecule has 1 rings (SSSR count). The van der Waals surface area contributed by atoms with E-state index in [0.717, 1.165) is 6.42 Å². The lowest BCUT2D eigenvalue weighted by molar-refractivity contribution is -0.159. The molecule has 1 fully saturated rings. The first-order valence-corrected chi connectivity index (χ1v) is 5.02. The molecule has 0 aromatic carbocycles. The number of likely N-dealkylation sites (N-methyl/N-ethyl adjacent to an activating group) is 1. The molecule has 1 unspecified atom stereocenters. The van der Waals surface area contributed by atoms with Crippen LogP contribution in [-0.4, -0.2) is 38.3 Å². The summed E-state index contributed by atoms with van der Waals surface area (Å²) in [5.41, 5.74) is -0.623. The fraction of sp³-hybridized carbons (Fsp3) is 0.727. The molecule has 0 bridgehead atoms. The third-order valence-electron chi connectivity index (χ3n) is 2.43. The summed E-state index contributed by atoms with van der Waals surface area (Å²) in [7, 11) is 0. The first kappa shape index (κ1) is 8.30. The number of rotatable bonds is 6. The van der Waals surface area contributed by atoms with Gasteiger partial charge >= 0.3 is 5.97 Å². The molecule has 0 aromatic rings. The molecule has 4 heteroatoms. The Morgan fingerprint density at radius 3 is 3.33 bits per heavy atom. The van der Waals surface area contributed by atoms with Crippen LogP contribution in [0.5, 0.6) is 0 Å². The van der Waals surface area contributed by atoms with E-state index in [4.69, 9.17) is 13.6 Å². The highest BCUT2D eigenvalue weighted by Gasteiger charge is 2.37. The summed E-state index contributed by atoms with van der Waals surface area (Å²) in [5.74, 6) is -0.569. The number of ether oxygens (including phenoxy) is 2. The highest BCUT2D eigenvalue weighted by atomic mass is 16.6. The van der Waals surface area contributed by atoms with Crippen LogP contribution in [0.2, 0.25) is 0 Å². The van der Waals surface area contributed by atoms with Gasteiger partial charge in [0.2, 0.25) is 0 Å².